The number of carbonyl (C=O) groups is 1. The van der Waals surface area contributed by atoms with Crippen LogP contribution in [0.3, 0.4) is 0 Å². The van der Waals surface area contributed by atoms with Gasteiger partial charge >= 0.3 is 0 Å². The molecule has 10 nitrogen and oxygen atoms in total. The van der Waals surface area contributed by atoms with Crippen molar-refractivity contribution in [2.24, 2.45) is 0 Å². The zero-order valence-electron chi connectivity index (χ0n) is 19.0. The first-order valence-corrected chi connectivity index (χ1v) is 11.2. The van der Waals surface area contributed by atoms with Crippen LogP contribution in [0.15, 0.2) is 36.8 Å². The number of hydrogen-bond acceptors (Lipinski definition) is 8. The molecule has 0 radical (unpaired) electrons. The van der Waals surface area contributed by atoms with Crippen molar-refractivity contribution in [2.45, 2.75) is 31.7 Å². The normalized spacial score (nSPS) is 16.5. The maximum absolute atomic E-state index is 12.4. The maximum Gasteiger partial charge on any atom is 0.244 e. The van der Waals surface area contributed by atoms with Crippen LogP contribution in [0, 0.1) is 6.92 Å². The van der Waals surface area contributed by atoms with Crippen LogP contribution < -0.4 is 16.8 Å². The lowest BCUT2D eigenvalue weighted by atomic mass is 10.0. The fourth-order valence-electron chi connectivity index (χ4n) is 4.77. The van der Waals surface area contributed by atoms with Gasteiger partial charge in [-0.05, 0) is 42.8 Å². The summed E-state index contributed by atoms with van der Waals surface area (Å²) >= 11 is 0. The van der Waals surface area contributed by atoms with Gasteiger partial charge in [0.05, 0.1) is 17.6 Å². The predicted octanol–water partition coefficient (Wildman–Crippen LogP) is 2.61. The minimum absolute atomic E-state index is 0.0170. The summed E-state index contributed by atoms with van der Waals surface area (Å²) < 4.78 is 1.83. The highest BCUT2D eigenvalue weighted by Crippen LogP contribution is 2.50. The van der Waals surface area contributed by atoms with Gasteiger partial charge in [0, 0.05) is 54.1 Å². The van der Waals surface area contributed by atoms with E-state index in [-0.39, 0.29) is 17.9 Å². The Hall–Kier alpha value is -4.21. The molecule has 1 spiro atoms. The van der Waals surface area contributed by atoms with Crippen LogP contribution in [0.5, 0.6) is 0 Å². The number of carbonyl (C=O) groups excluding carboxylic acids is 1. The molecule has 4 aromatic rings. The summed E-state index contributed by atoms with van der Waals surface area (Å²) in [6, 6.07) is 5.92. The Labute approximate surface area is 196 Å². The second-order valence-corrected chi connectivity index (χ2v) is 9.31. The predicted molar refractivity (Wildman–Crippen MR) is 130 cm³/mol. The second-order valence-electron chi connectivity index (χ2n) is 9.31. The van der Waals surface area contributed by atoms with Gasteiger partial charge in [-0.25, -0.2) is 9.97 Å². The van der Waals surface area contributed by atoms with E-state index in [9.17, 15) is 4.79 Å². The number of hydrogen-bond donors (Lipinski definition) is 3. The Morgan fingerprint density at radius 1 is 1.09 bits per heavy atom. The zero-order chi connectivity index (χ0) is 23.6. The van der Waals surface area contributed by atoms with Crippen LogP contribution in [-0.2, 0) is 16.8 Å². The molecule has 1 fully saturated rings. The summed E-state index contributed by atoms with van der Waals surface area (Å²) in [5.74, 6) is 1.77. The summed E-state index contributed by atoms with van der Waals surface area (Å²) in [4.78, 5) is 27.5. The minimum atomic E-state index is 0.0170. The van der Waals surface area contributed by atoms with Gasteiger partial charge in [-0.1, -0.05) is 0 Å². The highest BCUT2D eigenvalue weighted by molar-refractivity contribution is 5.95. The number of likely N-dealkylation sites (N-methyl/N-ethyl adjacent to an activating group) is 1. The Morgan fingerprint density at radius 3 is 2.71 bits per heavy atom. The highest BCUT2D eigenvalue weighted by Gasteiger charge is 2.50. The molecule has 0 unspecified atom stereocenters. The van der Waals surface area contributed by atoms with Crippen LogP contribution in [0.4, 0.5) is 23.1 Å². The average molecular weight is 456 g/mol. The first-order chi connectivity index (χ1) is 16.3. The number of nitrogens with one attached hydrogen (secondary N) is 1. The van der Waals surface area contributed by atoms with Crippen LogP contribution in [0.2, 0.25) is 0 Å². The largest absolute Gasteiger partial charge is 0.397 e. The van der Waals surface area contributed by atoms with Crippen LogP contribution in [0.1, 0.15) is 24.1 Å². The molecule has 0 saturated heterocycles. The molecule has 1 saturated carbocycles. The average Bonchev–Trinajstić information content (AvgIpc) is 3.48. The van der Waals surface area contributed by atoms with E-state index in [4.69, 9.17) is 11.5 Å². The van der Waals surface area contributed by atoms with E-state index in [1.54, 1.807) is 18.6 Å². The van der Waals surface area contributed by atoms with E-state index in [1.807, 2.05) is 41.8 Å². The maximum atomic E-state index is 12.4. The van der Waals surface area contributed by atoms with Crippen molar-refractivity contribution in [3.8, 4) is 11.3 Å². The van der Waals surface area contributed by atoms with Gasteiger partial charge in [0.25, 0.3) is 0 Å². The van der Waals surface area contributed by atoms with Crippen molar-refractivity contribution < 1.29 is 4.79 Å². The van der Waals surface area contributed by atoms with Crippen molar-refractivity contribution in [3.63, 3.8) is 0 Å². The Morgan fingerprint density at radius 2 is 1.91 bits per heavy atom. The highest BCUT2D eigenvalue weighted by atomic mass is 16.2. The zero-order valence-corrected chi connectivity index (χ0v) is 19.0. The Bertz CT molecular complexity index is 1470. The third-order valence-electron chi connectivity index (χ3n) is 6.96. The molecule has 34 heavy (non-hydrogen) atoms. The van der Waals surface area contributed by atoms with Crippen LogP contribution in [-0.4, -0.2) is 49.1 Å². The van der Waals surface area contributed by atoms with Gasteiger partial charge in [0.15, 0.2) is 5.82 Å². The topological polar surface area (TPSA) is 141 Å². The molecule has 1 aliphatic heterocycles. The molecule has 5 N–H and O–H groups in total. The summed E-state index contributed by atoms with van der Waals surface area (Å²) in [6.07, 6.45) is 7.20. The molecule has 4 aromatic heterocycles. The minimum Gasteiger partial charge on any atom is -0.397 e. The van der Waals surface area contributed by atoms with Crippen molar-refractivity contribution in [3.05, 3.63) is 48.0 Å². The van der Waals surface area contributed by atoms with Crippen LogP contribution >= 0.6 is 0 Å². The fourth-order valence-corrected chi connectivity index (χ4v) is 4.77. The molecular weight excluding hydrogens is 430 g/mol. The van der Waals surface area contributed by atoms with E-state index >= 15 is 0 Å². The first kappa shape index (κ1) is 20.4. The van der Waals surface area contributed by atoms with Crippen molar-refractivity contribution in [1.82, 2.24) is 29.6 Å². The summed E-state index contributed by atoms with van der Waals surface area (Å²) in [7, 11) is 1.86. The van der Waals surface area contributed by atoms with Gasteiger partial charge in [0.1, 0.15) is 18.2 Å². The first-order valence-electron chi connectivity index (χ1n) is 11.2. The molecule has 1 aliphatic carbocycles. The number of fused-ring (bicyclic) bond motifs is 3. The molecule has 0 bridgehead atoms. The SMILES string of the molecule is Cc1c(N)cncc1-c1cc2cc(Nc3cc4n(n3)CC(=O)N(C)CC43CC3)ncc2c(N)n1. The van der Waals surface area contributed by atoms with E-state index < -0.39 is 0 Å². The molecule has 10 heteroatoms. The molecule has 6 rings (SSSR count). The molecule has 172 valence electrons. The van der Waals surface area contributed by atoms with E-state index in [1.165, 1.54) is 0 Å². The lowest BCUT2D eigenvalue weighted by Gasteiger charge is -2.18. The number of amides is 1. The summed E-state index contributed by atoms with van der Waals surface area (Å²) in [5, 5.41) is 9.62. The number of nitrogen functional groups attached to an aromatic ring is 2. The van der Waals surface area contributed by atoms with Crippen molar-refractivity contribution >= 4 is 39.8 Å². The Balaban J connectivity index is 1.36. The van der Waals surface area contributed by atoms with Gasteiger partial charge in [-0.15, -0.1) is 0 Å². The number of nitrogens with zero attached hydrogens (tertiary/aromatic N) is 6. The quantitative estimate of drug-likeness (QED) is 0.428. The number of rotatable bonds is 3. The number of nitrogens with two attached hydrogens (primary N) is 2. The van der Waals surface area contributed by atoms with Crippen molar-refractivity contribution in [1.29, 1.82) is 0 Å². The summed E-state index contributed by atoms with van der Waals surface area (Å²) in [5.41, 5.74) is 16.5. The Kier molecular flexibility index (Phi) is 4.29. The molecule has 0 atom stereocenters. The fraction of sp³-hybridized carbons (Fsp3) is 0.292. The van der Waals surface area contributed by atoms with Crippen molar-refractivity contribution in [2.75, 3.05) is 30.4 Å². The number of pyridine rings is 3. The van der Waals surface area contributed by atoms with Gasteiger partial charge in [0.2, 0.25) is 5.91 Å². The van der Waals surface area contributed by atoms with E-state index in [0.29, 0.717) is 28.8 Å². The molecular formula is C24H25N9O. The van der Waals surface area contributed by atoms with E-state index in [2.05, 4.69) is 25.4 Å². The third-order valence-corrected chi connectivity index (χ3v) is 6.96. The van der Waals surface area contributed by atoms with Gasteiger partial charge in [-0.2, -0.15) is 5.10 Å². The number of anilines is 4. The van der Waals surface area contributed by atoms with Crippen LogP contribution in [0.25, 0.3) is 22.0 Å². The van der Waals surface area contributed by atoms with E-state index in [0.717, 1.165) is 47.0 Å². The van der Waals surface area contributed by atoms with Gasteiger partial charge < -0.3 is 21.7 Å². The second kappa shape index (κ2) is 7.14. The standard InChI is InChI=1S/C24H25N9O/c1-13-15(8-27-10-17(13)25)18-5-14-6-20(28-9-16(14)23(26)29-18)30-21-7-19-24(3-4-24)12-32(2)22(34)11-33(19)31-21/h5-10H,3-4,11-12,25H2,1-2H3,(H2,26,29)(H,28,30,31). The molecule has 0 aromatic carbocycles. The lowest BCUT2D eigenvalue weighted by molar-refractivity contribution is -0.130. The lowest BCUT2D eigenvalue weighted by Crippen LogP contribution is -2.32. The van der Waals surface area contributed by atoms with Gasteiger partial charge in [-0.3, -0.25) is 14.5 Å². The monoisotopic (exact) mass is 455 g/mol. The molecule has 1 amide bonds. The number of aromatic nitrogens is 5. The summed E-state index contributed by atoms with van der Waals surface area (Å²) in [6.45, 7) is 2.92. The smallest absolute Gasteiger partial charge is 0.244 e. The molecule has 2 aliphatic rings. The third kappa shape index (κ3) is 3.21. The molecule has 5 heterocycles.